The molecular formula is C24H21N5O2S. The molecule has 1 fully saturated rings. The number of anilines is 1. The summed E-state index contributed by atoms with van der Waals surface area (Å²) in [5.41, 5.74) is 1.08. The van der Waals surface area contributed by atoms with Crippen LogP contribution in [0.5, 0.6) is 0 Å². The van der Waals surface area contributed by atoms with E-state index in [4.69, 9.17) is 9.84 Å². The highest BCUT2D eigenvalue weighted by Gasteiger charge is 2.37. The summed E-state index contributed by atoms with van der Waals surface area (Å²) in [6.07, 6.45) is 0.779. The van der Waals surface area contributed by atoms with Gasteiger partial charge >= 0.3 is 0 Å². The van der Waals surface area contributed by atoms with Crippen LogP contribution in [-0.2, 0) is 11.3 Å². The van der Waals surface area contributed by atoms with Crippen molar-refractivity contribution in [3.63, 3.8) is 0 Å². The standard InChI is InChI=1S/C24H21N5O2S/c1-31-24(12-11-18-7-4-6-17-5-2-3-8-19(17)18)13-14-29(16-24)22-10-9-20(26-27-22)23-25-21(15-30)28-32-23/h2-10,30H,13-16H2,1H3. The molecule has 1 saturated heterocycles. The Balaban J connectivity index is 1.36. The number of nitrogens with zero attached hydrogens (tertiary/aromatic N) is 5. The van der Waals surface area contributed by atoms with E-state index in [-0.39, 0.29) is 6.61 Å². The molecule has 160 valence electrons. The molecule has 1 aliphatic rings. The Morgan fingerprint density at radius 2 is 2.00 bits per heavy atom. The van der Waals surface area contributed by atoms with E-state index in [1.807, 2.05) is 36.4 Å². The second-order valence-electron chi connectivity index (χ2n) is 7.60. The number of aliphatic hydroxyl groups excluding tert-OH is 1. The molecule has 1 aliphatic heterocycles. The predicted octanol–water partition coefficient (Wildman–Crippen LogP) is 3.29. The Labute approximate surface area is 189 Å². The Bertz CT molecular complexity index is 1310. The number of rotatable bonds is 4. The first kappa shape index (κ1) is 20.5. The third-order valence-electron chi connectivity index (χ3n) is 5.64. The third-order valence-corrected chi connectivity index (χ3v) is 6.42. The summed E-state index contributed by atoms with van der Waals surface area (Å²) in [5.74, 6) is 7.92. The van der Waals surface area contributed by atoms with E-state index in [0.717, 1.165) is 29.7 Å². The lowest BCUT2D eigenvalue weighted by Crippen LogP contribution is -2.34. The van der Waals surface area contributed by atoms with Crippen LogP contribution >= 0.6 is 11.5 Å². The van der Waals surface area contributed by atoms with Gasteiger partial charge in [-0.2, -0.15) is 4.37 Å². The van der Waals surface area contributed by atoms with Gasteiger partial charge in [-0.25, -0.2) is 4.98 Å². The molecule has 0 saturated carbocycles. The van der Waals surface area contributed by atoms with Crippen molar-refractivity contribution >= 4 is 28.1 Å². The highest BCUT2D eigenvalue weighted by atomic mass is 32.1. The summed E-state index contributed by atoms with van der Waals surface area (Å²) in [4.78, 5) is 6.38. The van der Waals surface area contributed by atoms with Crippen molar-refractivity contribution in [1.82, 2.24) is 19.6 Å². The molecule has 3 heterocycles. The number of ether oxygens (including phenoxy) is 1. The van der Waals surface area contributed by atoms with Crippen molar-refractivity contribution in [2.24, 2.45) is 0 Å². The zero-order chi connectivity index (χ0) is 22.0. The van der Waals surface area contributed by atoms with Crippen molar-refractivity contribution < 1.29 is 9.84 Å². The molecule has 1 N–H and O–H groups in total. The molecular weight excluding hydrogens is 422 g/mol. The monoisotopic (exact) mass is 443 g/mol. The van der Waals surface area contributed by atoms with E-state index < -0.39 is 5.60 Å². The summed E-state index contributed by atoms with van der Waals surface area (Å²) in [7, 11) is 1.71. The lowest BCUT2D eigenvalue weighted by atomic mass is 10.0. The van der Waals surface area contributed by atoms with Crippen molar-refractivity contribution in [1.29, 1.82) is 0 Å². The Kier molecular flexibility index (Phi) is 5.53. The summed E-state index contributed by atoms with van der Waals surface area (Å²) >= 11 is 1.20. The molecule has 32 heavy (non-hydrogen) atoms. The number of benzene rings is 2. The largest absolute Gasteiger partial charge is 0.388 e. The van der Waals surface area contributed by atoms with E-state index in [9.17, 15) is 0 Å². The van der Waals surface area contributed by atoms with Gasteiger partial charge in [-0.3, -0.25) is 0 Å². The molecule has 2 aromatic carbocycles. The van der Waals surface area contributed by atoms with E-state index in [2.05, 4.69) is 54.5 Å². The number of hydrogen-bond donors (Lipinski definition) is 1. The average Bonchev–Trinajstić information content (AvgIpc) is 3.51. The van der Waals surface area contributed by atoms with Gasteiger partial charge < -0.3 is 14.7 Å². The molecule has 5 rings (SSSR count). The van der Waals surface area contributed by atoms with Crippen LogP contribution in [0.15, 0.2) is 54.6 Å². The van der Waals surface area contributed by atoms with Crippen LogP contribution in [0.3, 0.4) is 0 Å². The van der Waals surface area contributed by atoms with Crippen molar-refractivity contribution in [3.8, 4) is 22.5 Å². The lowest BCUT2D eigenvalue weighted by Gasteiger charge is -2.22. The summed E-state index contributed by atoms with van der Waals surface area (Å²) < 4.78 is 9.96. The fourth-order valence-corrected chi connectivity index (χ4v) is 4.48. The quantitative estimate of drug-likeness (QED) is 0.485. The molecule has 0 bridgehead atoms. The first-order valence-electron chi connectivity index (χ1n) is 10.3. The van der Waals surface area contributed by atoms with Gasteiger partial charge in [0.15, 0.2) is 16.6 Å². The highest BCUT2D eigenvalue weighted by molar-refractivity contribution is 7.09. The fourth-order valence-electron chi connectivity index (χ4n) is 3.84. The molecule has 1 unspecified atom stereocenters. The zero-order valence-electron chi connectivity index (χ0n) is 17.5. The smallest absolute Gasteiger partial charge is 0.168 e. The fraction of sp³-hybridized carbons (Fsp3) is 0.250. The third kappa shape index (κ3) is 3.94. The minimum Gasteiger partial charge on any atom is -0.388 e. The Morgan fingerprint density at radius 1 is 1.12 bits per heavy atom. The molecule has 1 atom stereocenters. The predicted molar refractivity (Wildman–Crippen MR) is 124 cm³/mol. The number of methoxy groups -OCH3 is 1. The molecule has 8 heteroatoms. The van der Waals surface area contributed by atoms with Crippen LogP contribution in [0, 0.1) is 11.8 Å². The number of hydrogen-bond acceptors (Lipinski definition) is 8. The number of fused-ring (bicyclic) bond motifs is 1. The van der Waals surface area contributed by atoms with Crippen LogP contribution in [0.2, 0.25) is 0 Å². The first-order chi connectivity index (χ1) is 15.7. The minimum atomic E-state index is -0.563. The molecule has 7 nitrogen and oxygen atoms in total. The van der Waals surface area contributed by atoms with E-state index in [1.54, 1.807) is 7.11 Å². The van der Waals surface area contributed by atoms with Gasteiger partial charge in [-0.1, -0.05) is 48.2 Å². The average molecular weight is 444 g/mol. The Hall–Kier alpha value is -3.38. The van der Waals surface area contributed by atoms with Crippen molar-refractivity contribution in [2.45, 2.75) is 18.6 Å². The maximum Gasteiger partial charge on any atom is 0.168 e. The van der Waals surface area contributed by atoms with Crippen LogP contribution in [0.25, 0.3) is 21.5 Å². The van der Waals surface area contributed by atoms with E-state index >= 15 is 0 Å². The van der Waals surface area contributed by atoms with E-state index in [1.165, 1.54) is 16.9 Å². The molecule has 0 amide bonds. The zero-order valence-corrected chi connectivity index (χ0v) is 18.3. The van der Waals surface area contributed by atoms with Crippen molar-refractivity contribution in [2.75, 3.05) is 25.1 Å². The number of aliphatic hydroxyl groups is 1. The molecule has 4 aromatic rings. The second-order valence-corrected chi connectivity index (χ2v) is 8.35. The molecule has 0 spiro atoms. The van der Waals surface area contributed by atoms with Crippen LogP contribution in [-0.4, -0.2) is 50.5 Å². The maximum absolute atomic E-state index is 9.14. The Morgan fingerprint density at radius 3 is 2.78 bits per heavy atom. The first-order valence-corrected chi connectivity index (χ1v) is 11.1. The van der Waals surface area contributed by atoms with Crippen LogP contribution < -0.4 is 4.90 Å². The topological polar surface area (TPSA) is 84.3 Å². The normalized spacial score (nSPS) is 18.0. The second kappa shape index (κ2) is 8.63. The lowest BCUT2D eigenvalue weighted by molar-refractivity contribution is 0.0602. The van der Waals surface area contributed by atoms with Gasteiger partial charge in [0, 0.05) is 25.6 Å². The van der Waals surface area contributed by atoms with Gasteiger partial charge in [-0.05, 0) is 40.5 Å². The van der Waals surface area contributed by atoms with Crippen LogP contribution in [0.1, 0.15) is 17.8 Å². The molecule has 2 aromatic heterocycles. The van der Waals surface area contributed by atoms with Gasteiger partial charge in [0.2, 0.25) is 0 Å². The van der Waals surface area contributed by atoms with Crippen molar-refractivity contribution in [3.05, 3.63) is 66.0 Å². The number of aromatic nitrogens is 4. The SMILES string of the molecule is COC1(C#Cc2cccc3ccccc23)CCN(c2ccc(-c3nc(CO)ns3)nn2)C1. The summed E-state index contributed by atoms with van der Waals surface area (Å²) in [6, 6.07) is 18.2. The molecule has 0 radical (unpaired) electrons. The van der Waals surface area contributed by atoms with Gasteiger partial charge in [-0.15, -0.1) is 10.2 Å². The highest BCUT2D eigenvalue weighted by Crippen LogP contribution is 2.29. The van der Waals surface area contributed by atoms with Gasteiger partial charge in [0.25, 0.3) is 0 Å². The minimum absolute atomic E-state index is 0.186. The maximum atomic E-state index is 9.14. The van der Waals surface area contributed by atoms with Gasteiger partial charge in [0.1, 0.15) is 17.9 Å². The summed E-state index contributed by atoms with van der Waals surface area (Å²) in [6.45, 7) is 1.21. The van der Waals surface area contributed by atoms with Crippen LogP contribution in [0.4, 0.5) is 5.82 Å². The molecule has 0 aliphatic carbocycles. The van der Waals surface area contributed by atoms with Gasteiger partial charge in [0.05, 0.1) is 6.54 Å². The summed E-state index contributed by atoms with van der Waals surface area (Å²) in [5, 5.41) is 20.8. The van der Waals surface area contributed by atoms with E-state index in [0.29, 0.717) is 23.1 Å².